The monoisotopic (exact) mass is 447 g/mol. The molecule has 3 rings (SSSR count). The minimum Gasteiger partial charge on any atom is -0.475 e. The number of amides is 3. The van der Waals surface area contributed by atoms with E-state index in [1.165, 1.54) is 0 Å². The van der Waals surface area contributed by atoms with E-state index in [0.29, 0.717) is 31.0 Å². The first-order valence-corrected chi connectivity index (χ1v) is 10.1. The van der Waals surface area contributed by atoms with Crippen LogP contribution < -0.4 is 5.32 Å². The van der Waals surface area contributed by atoms with Crippen LogP contribution in [0.5, 0.6) is 0 Å². The fourth-order valence-electron chi connectivity index (χ4n) is 4.44. The number of nitrogens with zero attached hydrogens (tertiary/aromatic N) is 4. The minimum absolute atomic E-state index is 0.0421. The molecule has 0 spiro atoms. The molecule has 2 heterocycles. The molecule has 0 bridgehead atoms. The number of carbonyl (C=O) groups excluding carboxylic acids is 2. The molecule has 3 amide bonds. The number of carboxylic acids is 1. The second kappa shape index (κ2) is 10.2. The molecule has 12 heteroatoms. The molecule has 2 N–H and O–H groups in total. The zero-order valence-corrected chi connectivity index (χ0v) is 17.6. The Labute approximate surface area is 178 Å². The van der Waals surface area contributed by atoms with Gasteiger partial charge in [-0.15, -0.1) is 0 Å². The Morgan fingerprint density at radius 3 is 2.19 bits per heavy atom. The maximum atomic E-state index is 12.3. The highest BCUT2D eigenvalue weighted by Crippen LogP contribution is 2.38. The number of carboxylic acid groups (broad SMARTS) is 1. The van der Waals surface area contributed by atoms with Crippen molar-refractivity contribution in [2.45, 2.75) is 43.9 Å². The molecule has 31 heavy (non-hydrogen) atoms. The van der Waals surface area contributed by atoms with Gasteiger partial charge in [0.05, 0.1) is 12.6 Å². The quantitative estimate of drug-likeness (QED) is 0.670. The number of hydrogen-bond donors (Lipinski definition) is 2. The third kappa shape index (κ3) is 6.46. The number of likely N-dealkylation sites (tertiary alicyclic amines) is 2. The number of rotatable bonds is 3. The highest BCUT2D eigenvalue weighted by Gasteiger charge is 2.43. The summed E-state index contributed by atoms with van der Waals surface area (Å²) in [6, 6.07) is 2.42. The van der Waals surface area contributed by atoms with Crippen molar-refractivity contribution in [1.29, 1.82) is 5.26 Å². The SMILES string of the molecule is CN(C)C(=O)N1C[C@H]2CC(NCC(=O)N3CCCC3C#N)C[C@H]2C1.O=C(O)C(F)(F)F. The van der Waals surface area contributed by atoms with Crippen LogP contribution in [-0.2, 0) is 9.59 Å². The largest absolute Gasteiger partial charge is 0.490 e. The number of nitrogens with one attached hydrogen (secondary N) is 1. The van der Waals surface area contributed by atoms with Crippen LogP contribution >= 0.6 is 0 Å². The van der Waals surface area contributed by atoms with Gasteiger partial charge < -0.3 is 25.1 Å². The summed E-state index contributed by atoms with van der Waals surface area (Å²) in [7, 11) is 3.58. The van der Waals surface area contributed by atoms with E-state index in [2.05, 4.69) is 11.4 Å². The van der Waals surface area contributed by atoms with Gasteiger partial charge in [0.1, 0.15) is 6.04 Å². The van der Waals surface area contributed by atoms with Gasteiger partial charge in [-0.3, -0.25) is 4.79 Å². The molecule has 0 aromatic heterocycles. The van der Waals surface area contributed by atoms with E-state index < -0.39 is 12.1 Å². The summed E-state index contributed by atoms with van der Waals surface area (Å²) in [5, 5.41) is 19.6. The van der Waals surface area contributed by atoms with Gasteiger partial charge in [-0.2, -0.15) is 18.4 Å². The van der Waals surface area contributed by atoms with Gasteiger partial charge in [-0.25, -0.2) is 9.59 Å². The molecule has 2 saturated heterocycles. The third-order valence-electron chi connectivity index (χ3n) is 5.91. The molecule has 3 aliphatic rings. The lowest BCUT2D eigenvalue weighted by Gasteiger charge is -2.24. The highest BCUT2D eigenvalue weighted by molar-refractivity contribution is 5.79. The second-order valence-corrected chi connectivity index (χ2v) is 8.33. The summed E-state index contributed by atoms with van der Waals surface area (Å²) in [6.45, 7) is 2.69. The van der Waals surface area contributed by atoms with Crippen LogP contribution in [0.1, 0.15) is 25.7 Å². The van der Waals surface area contributed by atoms with Crippen LogP contribution in [-0.4, -0.2) is 96.2 Å². The van der Waals surface area contributed by atoms with E-state index in [0.717, 1.165) is 38.8 Å². The third-order valence-corrected chi connectivity index (χ3v) is 5.91. The van der Waals surface area contributed by atoms with Crippen molar-refractivity contribution in [3.05, 3.63) is 0 Å². The lowest BCUT2D eigenvalue weighted by atomic mass is 10.0. The van der Waals surface area contributed by atoms with Crippen LogP contribution in [0.15, 0.2) is 0 Å². The number of nitriles is 1. The Morgan fingerprint density at radius 1 is 1.19 bits per heavy atom. The predicted molar refractivity (Wildman–Crippen MR) is 103 cm³/mol. The number of fused-ring (bicyclic) bond motifs is 1. The topological polar surface area (TPSA) is 117 Å². The average Bonchev–Trinajstić information content (AvgIpc) is 3.39. The number of carbonyl (C=O) groups is 3. The molecule has 2 aliphatic heterocycles. The maximum absolute atomic E-state index is 12.3. The van der Waals surface area contributed by atoms with Crippen molar-refractivity contribution in [2.75, 3.05) is 40.3 Å². The average molecular weight is 447 g/mol. The van der Waals surface area contributed by atoms with Gasteiger partial charge in [-0.1, -0.05) is 0 Å². The fraction of sp³-hybridized carbons (Fsp3) is 0.789. The number of aliphatic carboxylic acids is 1. The first-order chi connectivity index (χ1) is 14.4. The van der Waals surface area contributed by atoms with Crippen molar-refractivity contribution in [3.8, 4) is 6.07 Å². The molecule has 4 atom stereocenters. The molecule has 2 unspecified atom stereocenters. The van der Waals surface area contributed by atoms with Gasteiger partial charge >= 0.3 is 18.2 Å². The predicted octanol–water partition coefficient (Wildman–Crippen LogP) is 1.12. The van der Waals surface area contributed by atoms with Gasteiger partial charge in [0.25, 0.3) is 0 Å². The summed E-state index contributed by atoms with van der Waals surface area (Å²) in [6.07, 6.45) is -1.31. The molecular weight excluding hydrogens is 419 g/mol. The van der Waals surface area contributed by atoms with Crippen LogP contribution in [0, 0.1) is 23.2 Å². The first-order valence-electron chi connectivity index (χ1n) is 10.1. The summed E-state index contributed by atoms with van der Waals surface area (Å²) in [5.74, 6) is -1.63. The lowest BCUT2D eigenvalue weighted by molar-refractivity contribution is -0.192. The molecule has 9 nitrogen and oxygen atoms in total. The molecule has 0 radical (unpaired) electrons. The minimum atomic E-state index is -5.08. The lowest BCUT2D eigenvalue weighted by Crippen LogP contribution is -2.43. The van der Waals surface area contributed by atoms with Crippen molar-refractivity contribution in [3.63, 3.8) is 0 Å². The molecule has 1 aliphatic carbocycles. The van der Waals surface area contributed by atoms with Crippen LogP contribution in [0.2, 0.25) is 0 Å². The van der Waals surface area contributed by atoms with Crippen molar-refractivity contribution in [2.24, 2.45) is 11.8 Å². The normalized spacial score (nSPS) is 27.2. The van der Waals surface area contributed by atoms with Gasteiger partial charge in [-0.05, 0) is 37.5 Å². The zero-order chi connectivity index (χ0) is 23.3. The summed E-state index contributed by atoms with van der Waals surface area (Å²) >= 11 is 0. The number of halogens is 3. The smallest absolute Gasteiger partial charge is 0.475 e. The van der Waals surface area contributed by atoms with Gasteiger partial charge in [0.15, 0.2) is 0 Å². The first kappa shape index (κ1) is 24.7. The van der Waals surface area contributed by atoms with E-state index in [4.69, 9.17) is 15.2 Å². The number of hydrogen-bond acceptors (Lipinski definition) is 5. The summed E-state index contributed by atoms with van der Waals surface area (Å²) in [5.41, 5.74) is 0. The Kier molecular flexibility index (Phi) is 8.11. The molecule has 0 aromatic carbocycles. The van der Waals surface area contributed by atoms with E-state index in [1.807, 2.05) is 4.90 Å². The Morgan fingerprint density at radius 2 is 1.74 bits per heavy atom. The molecule has 0 aromatic rings. The van der Waals surface area contributed by atoms with Crippen LogP contribution in [0.25, 0.3) is 0 Å². The summed E-state index contributed by atoms with van der Waals surface area (Å²) in [4.78, 5) is 38.5. The molecular formula is C19H28F3N5O4. The van der Waals surface area contributed by atoms with Crippen molar-refractivity contribution < 1.29 is 32.7 Å². The number of alkyl halides is 3. The zero-order valence-electron chi connectivity index (χ0n) is 17.6. The van der Waals surface area contributed by atoms with Gasteiger partial charge in [0.2, 0.25) is 5.91 Å². The van der Waals surface area contributed by atoms with E-state index >= 15 is 0 Å². The Bertz CT molecular complexity index is 710. The second-order valence-electron chi connectivity index (χ2n) is 8.33. The number of urea groups is 1. The Balaban J connectivity index is 0.000000423. The van der Waals surface area contributed by atoms with Crippen molar-refractivity contribution >= 4 is 17.9 Å². The maximum Gasteiger partial charge on any atom is 0.490 e. The van der Waals surface area contributed by atoms with Crippen LogP contribution in [0.3, 0.4) is 0 Å². The highest BCUT2D eigenvalue weighted by atomic mass is 19.4. The molecule has 1 saturated carbocycles. The van der Waals surface area contributed by atoms with E-state index in [1.54, 1.807) is 23.9 Å². The standard InChI is InChI=1S/C17H27N5O2.C2HF3O2/c1-20(2)17(24)21-10-12-6-14(7-13(12)11-21)19-9-16(23)22-5-3-4-15(22)8-18;3-2(4,5)1(6)7/h12-15,19H,3-7,9-11H2,1-2H3;(H,6,7)/t12-,13+,14?,15?;. The fourth-order valence-corrected chi connectivity index (χ4v) is 4.44. The van der Waals surface area contributed by atoms with Crippen molar-refractivity contribution in [1.82, 2.24) is 20.0 Å². The summed E-state index contributed by atoms with van der Waals surface area (Å²) < 4.78 is 31.7. The molecule has 3 fully saturated rings. The van der Waals surface area contributed by atoms with E-state index in [-0.39, 0.29) is 18.0 Å². The molecule has 174 valence electrons. The van der Waals surface area contributed by atoms with Crippen LogP contribution in [0.4, 0.5) is 18.0 Å². The van der Waals surface area contributed by atoms with E-state index in [9.17, 15) is 22.8 Å². The van der Waals surface area contributed by atoms with Gasteiger partial charge in [0, 0.05) is 39.8 Å². The Hall–Kier alpha value is -2.55.